The molecule has 11 nitrogen and oxygen atoms in total. The number of hydrogen-bond acceptors (Lipinski definition) is 7. The molecule has 35 heavy (non-hydrogen) atoms. The Bertz CT molecular complexity index is 1010. The fourth-order valence-corrected chi connectivity index (χ4v) is 2.82. The standard InChI is InChI=1S/C23H26ClN5O6/c24-18-5-7-20(8-6-18)33-14-4-2-1-3-11-26-22(27-16-25)28-19-9-12-29(13-10-19)17-35-23(32)34-15-21(30)31/h5-10,12-13H,1-4,11,14-15,17H2,(H2,26,27,30,31)/p+1. The molecular weight excluding hydrogens is 478 g/mol. The van der Waals surface area contributed by atoms with Crippen molar-refractivity contribution in [2.24, 2.45) is 4.99 Å². The number of guanidine groups is 1. The number of aliphatic imine (C=N–C) groups is 1. The quantitative estimate of drug-likeness (QED) is 0.0710. The fraction of sp³-hybridized carbons (Fsp3) is 0.348. The van der Waals surface area contributed by atoms with E-state index in [1.807, 2.05) is 18.3 Å². The van der Waals surface area contributed by atoms with E-state index >= 15 is 0 Å². The number of halogens is 1. The molecule has 1 aromatic carbocycles. The molecule has 1 heterocycles. The Morgan fingerprint density at radius 3 is 2.46 bits per heavy atom. The number of nitriles is 1. The molecule has 0 atom stereocenters. The number of pyridine rings is 1. The molecule has 12 heteroatoms. The lowest BCUT2D eigenvalue weighted by atomic mass is 10.2. The summed E-state index contributed by atoms with van der Waals surface area (Å²) in [6, 6.07) is 10.7. The molecule has 0 fully saturated rings. The van der Waals surface area contributed by atoms with Crippen LogP contribution in [0.5, 0.6) is 5.75 Å². The summed E-state index contributed by atoms with van der Waals surface area (Å²) in [5.74, 6) is -0.146. The van der Waals surface area contributed by atoms with E-state index in [9.17, 15) is 9.59 Å². The third-order valence-corrected chi connectivity index (χ3v) is 4.63. The minimum absolute atomic E-state index is 0.152. The molecular formula is C23H27ClN5O6+. The van der Waals surface area contributed by atoms with Gasteiger partial charge < -0.3 is 24.6 Å². The lowest BCUT2D eigenvalue weighted by molar-refractivity contribution is -0.727. The highest BCUT2D eigenvalue weighted by atomic mass is 35.5. The largest absolute Gasteiger partial charge is 0.513 e. The van der Waals surface area contributed by atoms with E-state index in [2.05, 4.69) is 20.4 Å². The number of benzene rings is 1. The first-order chi connectivity index (χ1) is 17.0. The maximum Gasteiger partial charge on any atom is 0.513 e. The maximum absolute atomic E-state index is 11.3. The van der Waals surface area contributed by atoms with Gasteiger partial charge in [-0.1, -0.05) is 18.0 Å². The summed E-state index contributed by atoms with van der Waals surface area (Å²) >= 11 is 5.85. The van der Waals surface area contributed by atoms with Crippen LogP contribution < -0.4 is 19.9 Å². The van der Waals surface area contributed by atoms with Gasteiger partial charge in [-0.25, -0.2) is 9.59 Å². The second kappa shape index (κ2) is 15.7. The van der Waals surface area contributed by atoms with Crippen LogP contribution in [0.1, 0.15) is 25.7 Å². The normalized spacial score (nSPS) is 10.7. The Balaban J connectivity index is 1.66. The number of anilines is 1. The van der Waals surface area contributed by atoms with Gasteiger partial charge in [0.05, 0.1) is 12.3 Å². The van der Waals surface area contributed by atoms with Crippen molar-refractivity contribution in [2.45, 2.75) is 32.4 Å². The lowest BCUT2D eigenvalue weighted by Crippen LogP contribution is -2.36. The molecule has 0 aliphatic rings. The van der Waals surface area contributed by atoms with Crippen molar-refractivity contribution in [3.05, 3.63) is 53.8 Å². The number of carboxylic acid groups (broad SMARTS) is 1. The van der Waals surface area contributed by atoms with Gasteiger partial charge in [0.1, 0.15) is 5.75 Å². The molecule has 1 aromatic heterocycles. The number of aliphatic carboxylic acids is 1. The Morgan fingerprint density at radius 1 is 1.06 bits per heavy atom. The molecule has 0 saturated carbocycles. The molecule has 0 saturated heterocycles. The minimum atomic E-state index is -1.27. The van der Waals surface area contributed by atoms with Gasteiger partial charge in [-0.3, -0.25) is 10.3 Å². The SMILES string of the molecule is N#CNC(=NCCCCCCOc1ccc(Cl)cc1)Nc1cc[n+](COC(=O)OCC(=O)O)cc1. The molecule has 0 radical (unpaired) electrons. The van der Waals surface area contributed by atoms with Crippen LogP contribution in [0.3, 0.4) is 0 Å². The summed E-state index contributed by atoms with van der Waals surface area (Å²) in [7, 11) is 0. The second-order valence-corrected chi connectivity index (χ2v) is 7.55. The first-order valence-corrected chi connectivity index (χ1v) is 11.2. The number of aromatic nitrogens is 1. The van der Waals surface area contributed by atoms with E-state index in [0.29, 0.717) is 29.8 Å². The van der Waals surface area contributed by atoms with Gasteiger partial charge in [0, 0.05) is 23.7 Å². The van der Waals surface area contributed by atoms with E-state index in [1.54, 1.807) is 41.2 Å². The first kappa shape index (κ1) is 27.2. The van der Waals surface area contributed by atoms with E-state index in [4.69, 9.17) is 31.4 Å². The number of ether oxygens (including phenoxy) is 3. The van der Waals surface area contributed by atoms with Gasteiger partial charge in [0.25, 0.3) is 6.73 Å². The number of carboxylic acids is 1. The minimum Gasteiger partial charge on any atom is -0.494 e. The molecule has 0 amide bonds. The third kappa shape index (κ3) is 12.1. The zero-order valence-electron chi connectivity index (χ0n) is 19.0. The number of nitrogens with zero attached hydrogens (tertiary/aromatic N) is 3. The highest BCUT2D eigenvalue weighted by Crippen LogP contribution is 2.16. The van der Waals surface area contributed by atoms with Crippen molar-refractivity contribution in [2.75, 3.05) is 25.1 Å². The molecule has 2 aromatic rings. The summed E-state index contributed by atoms with van der Waals surface area (Å²) in [4.78, 5) is 26.0. The Hall–Kier alpha value is -4.04. The average molecular weight is 505 g/mol. The number of nitrogens with one attached hydrogen (secondary N) is 2. The average Bonchev–Trinajstić information content (AvgIpc) is 2.85. The predicted octanol–water partition coefficient (Wildman–Crippen LogP) is 3.30. The number of carbonyl (C=O) groups excluding carboxylic acids is 1. The highest BCUT2D eigenvalue weighted by Gasteiger charge is 2.10. The van der Waals surface area contributed by atoms with Crippen LogP contribution in [0.15, 0.2) is 53.8 Å². The van der Waals surface area contributed by atoms with Crippen LogP contribution >= 0.6 is 11.6 Å². The van der Waals surface area contributed by atoms with Crippen LogP contribution in [0.4, 0.5) is 10.5 Å². The Labute approximate surface area is 207 Å². The smallest absolute Gasteiger partial charge is 0.494 e. The van der Waals surface area contributed by atoms with Gasteiger partial charge in [0.15, 0.2) is 25.2 Å². The molecule has 0 unspecified atom stereocenters. The summed E-state index contributed by atoms with van der Waals surface area (Å²) in [5.41, 5.74) is 0.663. The van der Waals surface area contributed by atoms with Gasteiger partial charge in [-0.05, 0) is 43.5 Å². The Kier molecular flexibility index (Phi) is 12.2. The monoisotopic (exact) mass is 504 g/mol. The van der Waals surface area contributed by atoms with E-state index in [1.165, 1.54) is 0 Å². The third-order valence-electron chi connectivity index (χ3n) is 4.38. The zero-order valence-corrected chi connectivity index (χ0v) is 19.7. The summed E-state index contributed by atoms with van der Waals surface area (Å²) in [6.07, 6.45) is 7.81. The first-order valence-electron chi connectivity index (χ1n) is 10.8. The molecule has 186 valence electrons. The van der Waals surface area contributed by atoms with Gasteiger partial charge in [-0.15, -0.1) is 0 Å². The summed E-state index contributed by atoms with van der Waals surface area (Å²) < 4.78 is 16.4. The molecule has 0 spiro atoms. The number of unbranched alkanes of at least 4 members (excludes halogenated alkanes) is 3. The van der Waals surface area contributed by atoms with Crippen molar-refractivity contribution < 1.29 is 33.5 Å². The van der Waals surface area contributed by atoms with E-state index in [0.717, 1.165) is 31.4 Å². The van der Waals surface area contributed by atoms with E-state index in [-0.39, 0.29) is 6.73 Å². The van der Waals surface area contributed by atoms with Crippen molar-refractivity contribution in [1.29, 1.82) is 5.26 Å². The van der Waals surface area contributed by atoms with Crippen molar-refractivity contribution >= 4 is 35.4 Å². The molecule has 0 aliphatic carbocycles. The highest BCUT2D eigenvalue weighted by molar-refractivity contribution is 6.30. The number of carbonyl (C=O) groups is 2. The summed E-state index contributed by atoms with van der Waals surface area (Å²) in [5, 5.41) is 23.6. The fourth-order valence-electron chi connectivity index (χ4n) is 2.70. The maximum atomic E-state index is 11.3. The Morgan fingerprint density at radius 2 is 1.77 bits per heavy atom. The van der Waals surface area contributed by atoms with Gasteiger partial charge in [0.2, 0.25) is 5.96 Å². The summed E-state index contributed by atoms with van der Waals surface area (Å²) in [6.45, 7) is 0.268. The number of rotatable bonds is 13. The van der Waals surface area contributed by atoms with Gasteiger partial charge >= 0.3 is 12.1 Å². The van der Waals surface area contributed by atoms with Crippen molar-refractivity contribution in [3.63, 3.8) is 0 Å². The topological polar surface area (TPSA) is 146 Å². The molecule has 0 bridgehead atoms. The zero-order chi connectivity index (χ0) is 25.3. The van der Waals surface area contributed by atoms with Crippen LogP contribution in [-0.4, -0.2) is 42.9 Å². The van der Waals surface area contributed by atoms with Gasteiger partial charge in [-0.2, -0.15) is 9.83 Å². The van der Waals surface area contributed by atoms with Crippen LogP contribution in [-0.2, 0) is 21.0 Å². The van der Waals surface area contributed by atoms with E-state index < -0.39 is 18.7 Å². The molecule has 3 N–H and O–H groups in total. The van der Waals surface area contributed by atoms with Crippen LogP contribution in [0.2, 0.25) is 5.02 Å². The van der Waals surface area contributed by atoms with Crippen LogP contribution in [0, 0.1) is 11.5 Å². The molecule has 0 aliphatic heterocycles. The van der Waals surface area contributed by atoms with Crippen molar-refractivity contribution in [1.82, 2.24) is 5.32 Å². The van der Waals surface area contributed by atoms with Crippen LogP contribution in [0.25, 0.3) is 0 Å². The number of hydrogen-bond donors (Lipinski definition) is 3. The lowest BCUT2D eigenvalue weighted by Gasteiger charge is -2.08. The second-order valence-electron chi connectivity index (χ2n) is 7.12. The molecule has 2 rings (SSSR count). The predicted molar refractivity (Wildman–Crippen MR) is 127 cm³/mol. The van der Waals surface area contributed by atoms with Crippen molar-refractivity contribution in [3.8, 4) is 11.9 Å².